The van der Waals surface area contributed by atoms with Crippen LogP contribution in [0.3, 0.4) is 0 Å². The van der Waals surface area contributed by atoms with Crippen molar-refractivity contribution >= 4 is 21.8 Å². The number of hydrogen-bond donors (Lipinski definition) is 1. The second-order valence-corrected chi connectivity index (χ2v) is 4.76. The van der Waals surface area contributed by atoms with E-state index in [0.29, 0.717) is 0 Å². The van der Waals surface area contributed by atoms with Crippen LogP contribution in [0.5, 0.6) is 5.88 Å². The van der Waals surface area contributed by atoms with E-state index >= 15 is 0 Å². The summed E-state index contributed by atoms with van der Waals surface area (Å²) in [5.74, 6) is 0.103. The lowest BCUT2D eigenvalue weighted by molar-refractivity contribution is 0.458. The van der Waals surface area contributed by atoms with Gasteiger partial charge in [-0.3, -0.25) is 0 Å². The van der Waals surface area contributed by atoms with E-state index in [1.165, 1.54) is 0 Å². The van der Waals surface area contributed by atoms with Gasteiger partial charge in [-0.2, -0.15) is 0 Å². The van der Waals surface area contributed by atoms with E-state index in [4.69, 9.17) is 0 Å². The van der Waals surface area contributed by atoms with Gasteiger partial charge in [0.25, 0.3) is 0 Å². The molecule has 3 nitrogen and oxygen atoms in total. The molecule has 3 rings (SSSR count). The first-order valence-corrected chi connectivity index (χ1v) is 6.40. The van der Waals surface area contributed by atoms with Crippen molar-refractivity contribution in [1.82, 2.24) is 9.55 Å². The third-order valence-electron chi connectivity index (χ3n) is 3.45. The van der Waals surface area contributed by atoms with Gasteiger partial charge in [0.1, 0.15) is 5.52 Å². The zero-order chi connectivity index (χ0) is 13.4. The van der Waals surface area contributed by atoms with E-state index in [9.17, 15) is 5.11 Å². The lowest BCUT2D eigenvalue weighted by atomic mass is 10.1. The average Bonchev–Trinajstić information content (AvgIpc) is 2.75. The zero-order valence-electron chi connectivity index (χ0n) is 10.9. The number of benzene rings is 1. The molecule has 0 radical (unpaired) electrons. The Labute approximate surface area is 111 Å². The Balaban J connectivity index is 2.39. The Morgan fingerprint density at radius 1 is 1.37 bits per heavy atom. The minimum Gasteiger partial charge on any atom is -0.492 e. The molecule has 19 heavy (non-hydrogen) atoms. The number of pyridine rings is 1. The number of hydrogen-bond acceptors (Lipinski definition) is 2. The molecule has 0 aliphatic carbocycles. The predicted molar refractivity (Wildman–Crippen MR) is 78.5 cm³/mol. The number of aromatic hydroxyl groups is 1. The minimum atomic E-state index is 0.103. The maximum Gasteiger partial charge on any atom is 0.236 e. The first kappa shape index (κ1) is 11.8. The molecule has 3 heteroatoms. The normalized spacial score (nSPS) is 11.2. The number of aryl methyl sites for hydroxylation is 2. The third kappa shape index (κ3) is 1.78. The Bertz CT molecular complexity index is 771. The molecule has 0 atom stereocenters. The molecule has 0 amide bonds. The predicted octanol–water partition coefficient (Wildman–Crippen LogP) is 3.78. The van der Waals surface area contributed by atoms with Crippen LogP contribution in [0.25, 0.3) is 21.8 Å². The second kappa shape index (κ2) is 4.43. The lowest BCUT2D eigenvalue weighted by Gasteiger charge is -2.06. The van der Waals surface area contributed by atoms with Gasteiger partial charge in [-0.15, -0.1) is 6.58 Å². The summed E-state index contributed by atoms with van der Waals surface area (Å²) < 4.78 is 2.06. The smallest absolute Gasteiger partial charge is 0.236 e. The minimum absolute atomic E-state index is 0.103. The number of rotatable bonds is 3. The Hall–Kier alpha value is -2.29. The highest BCUT2D eigenvalue weighted by atomic mass is 16.3. The van der Waals surface area contributed by atoms with Crippen molar-refractivity contribution < 1.29 is 5.11 Å². The van der Waals surface area contributed by atoms with Crippen molar-refractivity contribution in [3.05, 3.63) is 48.7 Å². The number of allylic oxidation sites excluding steroid dienone is 1. The summed E-state index contributed by atoms with van der Waals surface area (Å²) in [6, 6.07) is 7.91. The van der Waals surface area contributed by atoms with Crippen molar-refractivity contribution in [2.24, 2.45) is 0 Å². The van der Waals surface area contributed by atoms with E-state index in [-0.39, 0.29) is 5.88 Å². The summed E-state index contributed by atoms with van der Waals surface area (Å²) in [5, 5.41) is 12.4. The van der Waals surface area contributed by atoms with Gasteiger partial charge in [-0.25, -0.2) is 4.98 Å². The molecule has 0 fully saturated rings. The van der Waals surface area contributed by atoms with Crippen molar-refractivity contribution in [2.45, 2.75) is 19.9 Å². The van der Waals surface area contributed by atoms with Crippen molar-refractivity contribution in [2.75, 3.05) is 0 Å². The fourth-order valence-corrected chi connectivity index (χ4v) is 2.63. The third-order valence-corrected chi connectivity index (χ3v) is 3.45. The maximum atomic E-state index is 10.2. The number of nitrogens with zero attached hydrogens (tertiary/aromatic N) is 2. The molecular weight excluding hydrogens is 236 g/mol. The highest BCUT2D eigenvalue weighted by molar-refractivity contribution is 6.08. The van der Waals surface area contributed by atoms with Gasteiger partial charge in [0.05, 0.1) is 5.52 Å². The molecule has 1 N–H and O–H groups in total. The van der Waals surface area contributed by atoms with E-state index in [1.807, 2.05) is 24.3 Å². The first-order valence-electron chi connectivity index (χ1n) is 6.40. The van der Waals surface area contributed by atoms with Gasteiger partial charge in [-0.1, -0.05) is 24.3 Å². The van der Waals surface area contributed by atoms with Gasteiger partial charge in [-0.05, 0) is 25.0 Å². The summed E-state index contributed by atoms with van der Waals surface area (Å²) in [4.78, 5) is 4.29. The average molecular weight is 252 g/mol. The van der Waals surface area contributed by atoms with Crippen LogP contribution in [-0.4, -0.2) is 14.7 Å². The van der Waals surface area contributed by atoms with Crippen LogP contribution in [0.15, 0.2) is 43.1 Å². The number of fused-ring (bicyclic) bond motifs is 3. The maximum absolute atomic E-state index is 10.2. The fraction of sp³-hybridized carbons (Fsp3) is 0.188. The highest BCUT2D eigenvalue weighted by Gasteiger charge is 2.14. The summed E-state index contributed by atoms with van der Waals surface area (Å²) in [7, 11) is 0. The summed E-state index contributed by atoms with van der Waals surface area (Å²) in [6.07, 6.45) is 4.82. The van der Waals surface area contributed by atoms with E-state index in [1.54, 1.807) is 0 Å². The molecule has 0 saturated heterocycles. The summed E-state index contributed by atoms with van der Waals surface area (Å²) in [5.41, 5.74) is 2.81. The van der Waals surface area contributed by atoms with Crippen molar-refractivity contribution in [3.63, 3.8) is 0 Å². The van der Waals surface area contributed by atoms with E-state index in [0.717, 1.165) is 40.3 Å². The van der Waals surface area contributed by atoms with Crippen LogP contribution >= 0.6 is 0 Å². The van der Waals surface area contributed by atoms with Crippen LogP contribution in [0, 0.1) is 6.92 Å². The molecule has 0 aliphatic heterocycles. The van der Waals surface area contributed by atoms with Crippen molar-refractivity contribution in [3.8, 4) is 5.88 Å². The van der Waals surface area contributed by atoms with Gasteiger partial charge in [0, 0.05) is 23.5 Å². The molecule has 2 aromatic heterocycles. The monoisotopic (exact) mass is 252 g/mol. The molecule has 0 spiro atoms. The van der Waals surface area contributed by atoms with Crippen LogP contribution in [0.2, 0.25) is 0 Å². The Morgan fingerprint density at radius 2 is 2.16 bits per heavy atom. The quantitative estimate of drug-likeness (QED) is 0.720. The number of para-hydroxylation sites is 1. The van der Waals surface area contributed by atoms with Crippen LogP contribution in [0.4, 0.5) is 0 Å². The number of aromatic nitrogens is 2. The molecular formula is C16H16N2O. The summed E-state index contributed by atoms with van der Waals surface area (Å²) in [6.45, 7) is 6.62. The van der Waals surface area contributed by atoms with Gasteiger partial charge in [0.15, 0.2) is 0 Å². The van der Waals surface area contributed by atoms with E-state index < -0.39 is 0 Å². The fourth-order valence-electron chi connectivity index (χ4n) is 2.63. The molecule has 0 aliphatic rings. The molecule has 0 unspecified atom stereocenters. The van der Waals surface area contributed by atoms with Gasteiger partial charge >= 0.3 is 0 Å². The van der Waals surface area contributed by atoms with Crippen molar-refractivity contribution in [1.29, 1.82) is 0 Å². The SMILES string of the molecule is C=CCCn1cc(C)c2c3ccccc3nc(O)c21. The Morgan fingerprint density at radius 3 is 2.95 bits per heavy atom. The largest absolute Gasteiger partial charge is 0.492 e. The molecule has 0 saturated carbocycles. The highest BCUT2D eigenvalue weighted by Crippen LogP contribution is 2.33. The first-order chi connectivity index (χ1) is 9.22. The molecule has 96 valence electrons. The lowest BCUT2D eigenvalue weighted by Crippen LogP contribution is -1.95. The van der Waals surface area contributed by atoms with Gasteiger partial charge in [0.2, 0.25) is 5.88 Å². The summed E-state index contributed by atoms with van der Waals surface area (Å²) >= 11 is 0. The standard InChI is InChI=1S/C16H16N2O/c1-3-4-9-18-10-11(2)14-12-7-5-6-8-13(12)17-16(19)15(14)18/h3,5-8,10H,1,4,9H2,2H3,(H,17,19). The van der Waals surface area contributed by atoms with E-state index in [2.05, 4.69) is 35.3 Å². The Kier molecular flexibility index (Phi) is 2.75. The van der Waals surface area contributed by atoms with Crippen LogP contribution < -0.4 is 0 Å². The molecule has 3 aromatic rings. The molecule has 0 bridgehead atoms. The van der Waals surface area contributed by atoms with Crippen LogP contribution in [0.1, 0.15) is 12.0 Å². The van der Waals surface area contributed by atoms with Crippen LogP contribution in [-0.2, 0) is 6.54 Å². The second-order valence-electron chi connectivity index (χ2n) is 4.76. The van der Waals surface area contributed by atoms with Gasteiger partial charge < -0.3 is 9.67 Å². The zero-order valence-corrected chi connectivity index (χ0v) is 10.9. The molecule has 2 heterocycles. The molecule has 1 aromatic carbocycles. The topological polar surface area (TPSA) is 38.0 Å².